The maximum atomic E-state index is 11.1. The predicted molar refractivity (Wildman–Crippen MR) is 58.2 cm³/mol. The summed E-state index contributed by atoms with van der Waals surface area (Å²) in [5, 5.41) is 19.9. The van der Waals surface area contributed by atoms with E-state index in [0.29, 0.717) is 10.7 Å². The third-order valence-corrected chi connectivity index (χ3v) is 1.99. The van der Waals surface area contributed by atoms with Gasteiger partial charge in [0.2, 0.25) is 0 Å². The lowest BCUT2D eigenvalue weighted by molar-refractivity contribution is 0.131. The van der Waals surface area contributed by atoms with E-state index in [-0.39, 0.29) is 18.8 Å². The zero-order chi connectivity index (χ0) is 12.0. The smallest absolute Gasteiger partial charge is 0.411 e. The van der Waals surface area contributed by atoms with Gasteiger partial charge in [0, 0.05) is 5.69 Å². The van der Waals surface area contributed by atoms with Crippen LogP contribution in [0, 0.1) is 11.3 Å². The van der Waals surface area contributed by atoms with Gasteiger partial charge in [-0.2, -0.15) is 5.26 Å². The Kier molecular flexibility index (Phi) is 4.58. The van der Waals surface area contributed by atoms with Crippen molar-refractivity contribution in [2.45, 2.75) is 0 Å². The van der Waals surface area contributed by atoms with Crippen LogP contribution in [0.2, 0.25) is 5.02 Å². The molecule has 1 aromatic carbocycles. The fourth-order valence-electron chi connectivity index (χ4n) is 0.981. The SMILES string of the molecule is N#Cc1cc(NC(=O)OCCO)ccc1Cl. The molecule has 16 heavy (non-hydrogen) atoms. The highest BCUT2D eigenvalue weighted by Gasteiger charge is 2.05. The highest BCUT2D eigenvalue weighted by Crippen LogP contribution is 2.19. The van der Waals surface area contributed by atoms with Gasteiger partial charge in [-0.25, -0.2) is 4.79 Å². The van der Waals surface area contributed by atoms with Crippen molar-refractivity contribution in [3.8, 4) is 6.07 Å². The molecule has 1 rings (SSSR count). The Labute approximate surface area is 97.2 Å². The molecule has 0 aliphatic heterocycles. The maximum absolute atomic E-state index is 11.1. The number of aliphatic hydroxyl groups excluding tert-OH is 1. The molecule has 0 bridgehead atoms. The van der Waals surface area contributed by atoms with E-state index in [2.05, 4.69) is 10.1 Å². The van der Waals surface area contributed by atoms with Crippen molar-refractivity contribution in [1.29, 1.82) is 5.26 Å². The summed E-state index contributed by atoms with van der Waals surface area (Å²) in [5.41, 5.74) is 0.672. The van der Waals surface area contributed by atoms with Crippen LogP contribution >= 0.6 is 11.6 Å². The zero-order valence-corrected chi connectivity index (χ0v) is 8.99. The standard InChI is InChI=1S/C10H9ClN2O3/c11-9-2-1-8(5-7(9)6-12)13-10(15)16-4-3-14/h1-2,5,14H,3-4H2,(H,13,15). The summed E-state index contributed by atoms with van der Waals surface area (Å²) in [7, 11) is 0. The molecule has 1 amide bonds. The number of anilines is 1. The Balaban J connectivity index is 2.68. The van der Waals surface area contributed by atoms with E-state index in [1.165, 1.54) is 12.1 Å². The third kappa shape index (κ3) is 3.42. The van der Waals surface area contributed by atoms with Gasteiger partial charge in [0.15, 0.2) is 0 Å². The predicted octanol–water partition coefficient (Wildman–Crippen LogP) is 1.75. The van der Waals surface area contributed by atoms with Crippen LogP contribution < -0.4 is 5.32 Å². The van der Waals surface area contributed by atoms with Crippen LogP contribution in [0.4, 0.5) is 10.5 Å². The lowest BCUT2D eigenvalue weighted by atomic mass is 10.2. The summed E-state index contributed by atoms with van der Waals surface area (Å²) >= 11 is 5.72. The van der Waals surface area contributed by atoms with Gasteiger partial charge in [0.05, 0.1) is 17.2 Å². The maximum Gasteiger partial charge on any atom is 0.411 e. The van der Waals surface area contributed by atoms with Crippen LogP contribution in [0.3, 0.4) is 0 Å². The van der Waals surface area contributed by atoms with Crippen molar-refractivity contribution in [3.63, 3.8) is 0 Å². The van der Waals surface area contributed by atoms with Crippen LogP contribution in [0.15, 0.2) is 18.2 Å². The van der Waals surface area contributed by atoms with Crippen LogP contribution in [-0.2, 0) is 4.74 Å². The van der Waals surface area contributed by atoms with Crippen molar-refractivity contribution >= 4 is 23.4 Å². The minimum atomic E-state index is -0.694. The van der Waals surface area contributed by atoms with Crippen molar-refractivity contribution in [3.05, 3.63) is 28.8 Å². The molecule has 84 valence electrons. The molecule has 0 saturated heterocycles. The zero-order valence-electron chi connectivity index (χ0n) is 8.24. The van der Waals surface area contributed by atoms with Gasteiger partial charge in [-0.1, -0.05) is 11.6 Å². The Morgan fingerprint density at radius 2 is 2.38 bits per heavy atom. The lowest BCUT2D eigenvalue weighted by Gasteiger charge is -2.06. The molecule has 0 atom stereocenters. The van der Waals surface area contributed by atoms with E-state index in [1.807, 2.05) is 6.07 Å². The molecular formula is C10H9ClN2O3. The number of carbonyl (C=O) groups is 1. The normalized spacial score (nSPS) is 9.31. The molecule has 0 aliphatic rings. The molecule has 0 saturated carbocycles. The van der Waals surface area contributed by atoms with Crippen molar-refractivity contribution in [1.82, 2.24) is 0 Å². The average Bonchev–Trinajstić information content (AvgIpc) is 2.29. The molecule has 0 aromatic heterocycles. The summed E-state index contributed by atoms with van der Waals surface area (Å²) < 4.78 is 4.58. The van der Waals surface area contributed by atoms with Crippen LogP contribution in [0.1, 0.15) is 5.56 Å². The number of halogens is 1. The monoisotopic (exact) mass is 240 g/mol. The first-order valence-corrected chi connectivity index (χ1v) is 4.79. The van der Waals surface area contributed by atoms with Gasteiger partial charge < -0.3 is 9.84 Å². The summed E-state index contributed by atoms with van der Waals surface area (Å²) in [6.45, 7) is -0.317. The summed E-state index contributed by atoms with van der Waals surface area (Å²) in [6.07, 6.45) is -0.694. The highest BCUT2D eigenvalue weighted by molar-refractivity contribution is 6.31. The second kappa shape index (κ2) is 5.95. The van der Waals surface area contributed by atoms with Crippen LogP contribution in [0.25, 0.3) is 0 Å². The van der Waals surface area contributed by atoms with Crippen molar-refractivity contribution in [2.75, 3.05) is 18.5 Å². The van der Waals surface area contributed by atoms with Crippen LogP contribution in [-0.4, -0.2) is 24.4 Å². The van der Waals surface area contributed by atoms with Crippen LogP contribution in [0.5, 0.6) is 0 Å². The Morgan fingerprint density at radius 3 is 3.00 bits per heavy atom. The number of aliphatic hydroxyl groups is 1. The molecule has 2 N–H and O–H groups in total. The number of ether oxygens (including phenoxy) is 1. The van der Waals surface area contributed by atoms with E-state index in [4.69, 9.17) is 22.0 Å². The van der Waals surface area contributed by atoms with Gasteiger partial charge in [-0.3, -0.25) is 5.32 Å². The number of rotatable bonds is 3. The van der Waals surface area contributed by atoms with Gasteiger partial charge >= 0.3 is 6.09 Å². The average molecular weight is 241 g/mol. The molecule has 5 nitrogen and oxygen atoms in total. The number of carbonyl (C=O) groups excluding carboxylic acids is 1. The largest absolute Gasteiger partial charge is 0.447 e. The lowest BCUT2D eigenvalue weighted by Crippen LogP contribution is -2.15. The molecular weight excluding hydrogens is 232 g/mol. The van der Waals surface area contributed by atoms with Gasteiger partial charge in [-0.05, 0) is 18.2 Å². The quantitative estimate of drug-likeness (QED) is 0.843. The van der Waals surface area contributed by atoms with Crippen molar-refractivity contribution in [2.24, 2.45) is 0 Å². The molecule has 0 unspecified atom stereocenters. The summed E-state index contributed by atoms with van der Waals surface area (Å²) in [5.74, 6) is 0. The first-order chi connectivity index (χ1) is 7.67. The van der Waals surface area contributed by atoms with E-state index >= 15 is 0 Å². The third-order valence-electron chi connectivity index (χ3n) is 1.66. The van der Waals surface area contributed by atoms with Gasteiger partial charge in [0.25, 0.3) is 0 Å². The van der Waals surface area contributed by atoms with E-state index in [9.17, 15) is 4.79 Å². The Hall–Kier alpha value is -1.77. The fourth-order valence-corrected chi connectivity index (χ4v) is 1.14. The number of nitrogens with one attached hydrogen (secondary N) is 1. The molecule has 0 heterocycles. The van der Waals surface area contributed by atoms with Gasteiger partial charge in [-0.15, -0.1) is 0 Å². The molecule has 0 aliphatic carbocycles. The molecule has 0 spiro atoms. The minimum Gasteiger partial charge on any atom is -0.447 e. The fraction of sp³-hybridized carbons (Fsp3) is 0.200. The number of benzene rings is 1. The van der Waals surface area contributed by atoms with Gasteiger partial charge in [0.1, 0.15) is 12.7 Å². The number of hydrogen-bond acceptors (Lipinski definition) is 4. The first-order valence-electron chi connectivity index (χ1n) is 4.41. The van der Waals surface area contributed by atoms with E-state index < -0.39 is 6.09 Å². The number of nitriles is 1. The summed E-state index contributed by atoms with van der Waals surface area (Å²) in [6, 6.07) is 6.37. The molecule has 1 aromatic rings. The molecule has 6 heteroatoms. The number of hydrogen-bond donors (Lipinski definition) is 2. The number of amides is 1. The minimum absolute atomic E-state index is 0.0788. The van der Waals surface area contributed by atoms with E-state index in [0.717, 1.165) is 0 Å². The number of nitrogens with zero attached hydrogens (tertiary/aromatic N) is 1. The second-order valence-corrected chi connectivity index (χ2v) is 3.20. The highest BCUT2D eigenvalue weighted by atomic mass is 35.5. The van der Waals surface area contributed by atoms with Crippen molar-refractivity contribution < 1.29 is 14.6 Å². The molecule has 0 radical (unpaired) electrons. The Bertz CT molecular complexity index is 429. The summed E-state index contributed by atoms with van der Waals surface area (Å²) in [4.78, 5) is 11.1. The molecule has 0 fully saturated rings. The Morgan fingerprint density at radius 1 is 1.62 bits per heavy atom. The second-order valence-electron chi connectivity index (χ2n) is 2.79. The topological polar surface area (TPSA) is 82.4 Å². The van der Waals surface area contributed by atoms with E-state index in [1.54, 1.807) is 6.07 Å². The first kappa shape index (κ1) is 12.3.